The second kappa shape index (κ2) is 7.30. The zero-order chi connectivity index (χ0) is 10.9. The van der Waals surface area contributed by atoms with Crippen LogP contribution in [0.3, 0.4) is 0 Å². The van der Waals surface area contributed by atoms with Gasteiger partial charge in [0, 0.05) is 0 Å². The van der Waals surface area contributed by atoms with Gasteiger partial charge in [-0.3, -0.25) is 0 Å². The van der Waals surface area contributed by atoms with Crippen molar-refractivity contribution < 1.29 is 4.74 Å². The van der Waals surface area contributed by atoms with Gasteiger partial charge >= 0.3 is 0 Å². The Bertz CT molecular complexity index is 273. The van der Waals surface area contributed by atoms with Crippen molar-refractivity contribution in [3.63, 3.8) is 0 Å². The van der Waals surface area contributed by atoms with E-state index in [1.54, 1.807) is 0 Å². The highest BCUT2D eigenvalue weighted by molar-refractivity contribution is 5.33. The molecule has 2 heteroatoms. The maximum Gasteiger partial charge on any atom is 0.122 e. The molecule has 15 heavy (non-hydrogen) atoms. The number of hydrogen-bond donors (Lipinski definition) is 1. The van der Waals surface area contributed by atoms with Crippen LogP contribution in [0.1, 0.15) is 25.3 Å². The molecule has 0 atom stereocenters. The monoisotopic (exact) mass is 207 g/mol. The summed E-state index contributed by atoms with van der Waals surface area (Å²) in [5.74, 6) is 1.05. The Hall–Kier alpha value is -1.02. The van der Waals surface area contributed by atoms with E-state index < -0.39 is 0 Å². The van der Waals surface area contributed by atoms with Crippen molar-refractivity contribution >= 4 is 0 Å². The van der Waals surface area contributed by atoms with E-state index in [4.69, 9.17) is 4.74 Å². The van der Waals surface area contributed by atoms with E-state index in [2.05, 4.69) is 23.5 Å². The van der Waals surface area contributed by atoms with Gasteiger partial charge in [0.2, 0.25) is 0 Å². The molecule has 0 heterocycles. The Kier molecular flexibility index (Phi) is 5.86. The molecule has 1 aromatic rings. The lowest BCUT2D eigenvalue weighted by Crippen LogP contribution is -2.07. The molecule has 2 nitrogen and oxygen atoms in total. The van der Waals surface area contributed by atoms with E-state index in [0.717, 1.165) is 25.3 Å². The van der Waals surface area contributed by atoms with Crippen LogP contribution in [-0.2, 0) is 6.42 Å². The lowest BCUT2D eigenvalue weighted by atomic mass is 10.1. The normalized spacial score (nSPS) is 10.3. The summed E-state index contributed by atoms with van der Waals surface area (Å²) >= 11 is 0. The molecule has 0 unspecified atom stereocenters. The number of ether oxygens (including phenoxy) is 1. The van der Waals surface area contributed by atoms with E-state index in [9.17, 15) is 0 Å². The Morgan fingerprint density at radius 3 is 2.73 bits per heavy atom. The Morgan fingerprint density at radius 1 is 1.20 bits per heavy atom. The van der Waals surface area contributed by atoms with Crippen LogP contribution < -0.4 is 10.1 Å². The third-order valence-corrected chi connectivity index (χ3v) is 2.40. The SMILES string of the molecule is CCOc1ccccc1CCCCNC. The predicted octanol–water partition coefficient (Wildman–Crippen LogP) is 2.63. The maximum atomic E-state index is 5.58. The van der Waals surface area contributed by atoms with E-state index in [0.29, 0.717) is 0 Å². The molecule has 0 aliphatic carbocycles. The fourth-order valence-corrected chi connectivity index (χ4v) is 1.62. The van der Waals surface area contributed by atoms with Crippen LogP contribution in [0.5, 0.6) is 5.75 Å². The van der Waals surface area contributed by atoms with Crippen molar-refractivity contribution in [2.45, 2.75) is 26.2 Å². The molecular weight excluding hydrogens is 186 g/mol. The second-order valence-electron chi connectivity index (χ2n) is 3.60. The summed E-state index contributed by atoms with van der Waals surface area (Å²) in [5, 5.41) is 3.16. The quantitative estimate of drug-likeness (QED) is 0.694. The van der Waals surface area contributed by atoms with Gasteiger partial charge < -0.3 is 10.1 Å². The summed E-state index contributed by atoms with van der Waals surface area (Å²) in [6, 6.07) is 8.32. The maximum absolute atomic E-state index is 5.58. The van der Waals surface area contributed by atoms with E-state index in [1.807, 2.05) is 20.0 Å². The minimum Gasteiger partial charge on any atom is -0.494 e. The molecule has 0 amide bonds. The van der Waals surface area contributed by atoms with Gasteiger partial charge in [-0.1, -0.05) is 18.2 Å². The lowest BCUT2D eigenvalue weighted by molar-refractivity contribution is 0.336. The van der Waals surface area contributed by atoms with Crippen LogP contribution in [0.15, 0.2) is 24.3 Å². The van der Waals surface area contributed by atoms with E-state index >= 15 is 0 Å². The molecule has 0 radical (unpaired) electrons. The van der Waals surface area contributed by atoms with Gasteiger partial charge in [-0.15, -0.1) is 0 Å². The van der Waals surface area contributed by atoms with Gasteiger partial charge in [-0.05, 0) is 51.4 Å². The van der Waals surface area contributed by atoms with Crippen LogP contribution >= 0.6 is 0 Å². The molecule has 1 N–H and O–H groups in total. The van der Waals surface area contributed by atoms with Gasteiger partial charge in [0.15, 0.2) is 0 Å². The lowest BCUT2D eigenvalue weighted by Gasteiger charge is -2.09. The summed E-state index contributed by atoms with van der Waals surface area (Å²) in [5.41, 5.74) is 1.33. The van der Waals surface area contributed by atoms with Crippen molar-refractivity contribution in [3.8, 4) is 5.75 Å². The largest absolute Gasteiger partial charge is 0.494 e. The van der Waals surface area contributed by atoms with Gasteiger partial charge in [0.1, 0.15) is 5.75 Å². The Labute approximate surface area is 92.6 Å². The van der Waals surface area contributed by atoms with Crippen LogP contribution in [-0.4, -0.2) is 20.2 Å². The van der Waals surface area contributed by atoms with Gasteiger partial charge in [0.05, 0.1) is 6.61 Å². The zero-order valence-electron chi connectivity index (χ0n) is 9.75. The number of rotatable bonds is 7. The number of unbranched alkanes of at least 4 members (excludes halogenated alkanes) is 1. The average Bonchev–Trinajstić information content (AvgIpc) is 2.27. The fraction of sp³-hybridized carbons (Fsp3) is 0.538. The third kappa shape index (κ3) is 4.34. The van der Waals surface area contributed by atoms with Crippen molar-refractivity contribution in [2.75, 3.05) is 20.2 Å². The van der Waals surface area contributed by atoms with Gasteiger partial charge in [-0.2, -0.15) is 0 Å². The first-order valence-electron chi connectivity index (χ1n) is 5.73. The van der Waals surface area contributed by atoms with Crippen molar-refractivity contribution in [1.29, 1.82) is 0 Å². The highest BCUT2D eigenvalue weighted by Crippen LogP contribution is 2.19. The number of hydrogen-bond acceptors (Lipinski definition) is 2. The highest BCUT2D eigenvalue weighted by Gasteiger charge is 2.01. The summed E-state index contributed by atoms with van der Waals surface area (Å²) in [6.07, 6.45) is 3.54. The first-order valence-corrected chi connectivity index (χ1v) is 5.73. The Morgan fingerprint density at radius 2 is 2.00 bits per heavy atom. The second-order valence-corrected chi connectivity index (χ2v) is 3.60. The summed E-state index contributed by atoms with van der Waals surface area (Å²) in [6.45, 7) is 3.86. The number of aryl methyl sites for hydroxylation is 1. The summed E-state index contributed by atoms with van der Waals surface area (Å²) in [4.78, 5) is 0. The standard InChI is InChI=1S/C13H21NO/c1-3-15-13-10-5-4-8-12(13)9-6-7-11-14-2/h4-5,8,10,14H,3,6-7,9,11H2,1-2H3. The first kappa shape index (κ1) is 12.1. The number of nitrogens with one attached hydrogen (secondary N) is 1. The number of para-hydroxylation sites is 1. The molecule has 1 rings (SSSR count). The van der Waals surface area contributed by atoms with Crippen LogP contribution in [0.4, 0.5) is 0 Å². The molecule has 0 aromatic heterocycles. The number of benzene rings is 1. The molecule has 0 saturated heterocycles. The van der Waals surface area contributed by atoms with Gasteiger partial charge in [0.25, 0.3) is 0 Å². The molecule has 1 aromatic carbocycles. The fourth-order valence-electron chi connectivity index (χ4n) is 1.62. The molecule has 0 saturated carbocycles. The molecule has 0 fully saturated rings. The van der Waals surface area contributed by atoms with Crippen molar-refractivity contribution in [3.05, 3.63) is 29.8 Å². The molecule has 84 valence electrons. The molecular formula is C13H21NO. The molecule has 0 aliphatic rings. The predicted molar refractivity (Wildman–Crippen MR) is 64.5 cm³/mol. The molecule has 0 bridgehead atoms. The van der Waals surface area contributed by atoms with Crippen LogP contribution in [0, 0.1) is 0 Å². The minimum atomic E-state index is 0.744. The first-order chi connectivity index (χ1) is 7.38. The smallest absolute Gasteiger partial charge is 0.122 e. The minimum absolute atomic E-state index is 0.744. The van der Waals surface area contributed by atoms with E-state index in [-0.39, 0.29) is 0 Å². The third-order valence-electron chi connectivity index (χ3n) is 2.40. The van der Waals surface area contributed by atoms with Crippen molar-refractivity contribution in [2.24, 2.45) is 0 Å². The van der Waals surface area contributed by atoms with E-state index in [1.165, 1.54) is 18.4 Å². The summed E-state index contributed by atoms with van der Waals surface area (Å²) < 4.78 is 5.58. The molecule has 0 aliphatic heterocycles. The topological polar surface area (TPSA) is 21.3 Å². The average molecular weight is 207 g/mol. The zero-order valence-corrected chi connectivity index (χ0v) is 9.75. The van der Waals surface area contributed by atoms with Crippen LogP contribution in [0.25, 0.3) is 0 Å². The van der Waals surface area contributed by atoms with Crippen molar-refractivity contribution in [1.82, 2.24) is 5.32 Å². The Balaban J connectivity index is 2.44. The highest BCUT2D eigenvalue weighted by atomic mass is 16.5. The summed E-state index contributed by atoms with van der Waals surface area (Å²) in [7, 11) is 1.99. The van der Waals surface area contributed by atoms with Gasteiger partial charge in [-0.25, -0.2) is 0 Å². The molecule has 0 spiro atoms. The van der Waals surface area contributed by atoms with Crippen LogP contribution in [0.2, 0.25) is 0 Å².